The average molecular weight is 454 g/mol. The molecule has 2 aromatic heterocycles. The first-order chi connectivity index (χ1) is 12.1. The monoisotopic (exact) mass is 452 g/mol. The Morgan fingerprint density at radius 1 is 1.26 bits per heavy atom. The first kappa shape index (κ1) is 20.8. The molecule has 0 bridgehead atoms. The molecule has 1 aliphatic rings. The van der Waals surface area contributed by atoms with Crippen molar-refractivity contribution in [3.05, 3.63) is 52.4 Å². The Bertz CT molecular complexity index is 1030. The lowest BCUT2D eigenvalue weighted by molar-refractivity contribution is 0.100. The second-order valence-electron chi connectivity index (χ2n) is 5.94. The van der Waals surface area contributed by atoms with Gasteiger partial charge in [0, 0.05) is 22.0 Å². The van der Waals surface area contributed by atoms with E-state index in [0.717, 1.165) is 39.6 Å². The third kappa shape index (κ3) is 3.80. The van der Waals surface area contributed by atoms with Gasteiger partial charge in [-0.3, -0.25) is 9.78 Å². The number of guanidine groups is 1. The van der Waals surface area contributed by atoms with E-state index in [1.54, 1.807) is 6.20 Å². The number of nitrogens with zero attached hydrogens (tertiary/aromatic N) is 4. The number of rotatable bonds is 3. The van der Waals surface area contributed by atoms with Gasteiger partial charge in [0.1, 0.15) is 0 Å². The van der Waals surface area contributed by atoms with Crippen LogP contribution in [0.25, 0.3) is 16.6 Å². The van der Waals surface area contributed by atoms with Crippen LogP contribution in [-0.4, -0.2) is 32.1 Å². The molecule has 0 atom stereocenters. The quantitative estimate of drug-likeness (QED) is 0.461. The van der Waals surface area contributed by atoms with E-state index in [1.807, 2.05) is 28.9 Å². The van der Waals surface area contributed by atoms with Gasteiger partial charge in [-0.2, -0.15) is 10.1 Å². The summed E-state index contributed by atoms with van der Waals surface area (Å²) in [7, 11) is 0. The minimum absolute atomic E-state index is 0. The number of halogens is 2. The zero-order chi connectivity index (χ0) is 17.6. The van der Waals surface area contributed by atoms with E-state index in [4.69, 9.17) is 11.5 Å². The Kier molecular flexibility index (Phi) is 6.19. The standard InChI is InChI=1S/C17H15BrN6O.ClH.H2O/c18-12-5-6-13(10-2-1-7-21-14(10)12)24-15(9-3-4-9)11(8-22-24)16(25)23-17(19)20;;/h1-2,5-9H,3-4H2,(H4,19,20,23,25);1H;1H2. The van der Waals surface area contributed by atoms with Gasteiger partial charge < -0.3 is 16.9 Å². The molecular formula is C17H18BrClN6O2. The van der Waals surface area contributed by atoms with Crippen molar-refractivity contribution >= 4 is 51.1 Å². The van der Waals surface area contributed by atoms with Crippen LogP contribution >= 0.6 is 28.3 Å². The van der Waals surface area contributed by atoms with Crippen LogP contribution in [0.15, 0.2) is 46.1 Å². The summed E-state index contributed by atoms with van der Waals surface area (Å²) in [6.07, 6.45) is 5.31. The van der Waals surface area contributed by atoms with Crippen molar-refractivity contribution in [3.8, 4) is 5.69 Å². The lowest BCUT2D eigenvalue weighted by atomic mass is 10.1. The largest absolute Gasteiger partial charge is 0.412 e. The molecule has 1 saturated carbocycles. The molecule has 27 heavy (non-hydrogen) atoms. The third-order valence-corrected chi connectivity index (χ3v) is 4.80. The van der Waals surface area contributed by atoms with Crippen LogP contribution in [0.3, 0.4) is 0 Å². The number of fused-ring (bicyclic) bond motifs is 1. The van der Waals surface area contributed by atoms with Crippen LogP contribution in [0.4, 0.5) is 0 Å². The number of aliphatic imine (C=N–C) groups is 1. The van der Waals surface area contributed by atoms with Gasteiger partial charge in [-0.1, -0.05) is 0 Å². The number of hydrogen-bond acceptors (Lipinski definition) is 3. The Hall–Kier alpha value is -2.49. The number of carbonyl (C=O) groups is 1. The number of hydrogen-bond donors (Lipinski definition) is 2. The maximum atomic E-state index is 12.3. The number of nitrogens with two attached hydrogens (primary N) is 2. The van der Waals surface area contributed by atoms with E-state index >= 15 is 0 Å². The summed E-state index contributed by atoms with van der Waals surface area (Å²) < 4.78 is 2.72. The molecule has 10 heteroatoms. The molecule has 1 amide bonds. The second kappa shape index (κ2) is 8.03. The molecule has 8 nitrogen and oxygen atoms in total. The van der Waals surface area contributed by atoms with Crippen LogP contribution in [0.2, 0.25) is 0 Å². The van der Waals surface area contributed by atoms with E-state index in [2.05, 4.69) is 31.0 Å². The average Bonchev–Trinajstić information content (AvgIpc) is 3.33. The maximum absolute atomic E-state index is 12.3. The molecule has 1 aliphatic carbocycles. The van der Waals surface area contributed by atoms with Gasteiger partial charge in [-0.25, -0.2) is 4.68 Å². The zero-order valence-corrected chi connectivity index (χ0v) is 16.5. The van der Waals surface area contributed by atoms with Gasteiger partial charge in [0.15, 0.2) is 5.96 Å². The molecule has 0 spiro atoms. The van der Waals surface area contributed by atoms with Crippen molar-refractivity contribution in [1.29, 1.82) is 0 Å². The van der Waals surface area contributed by atoms with Crippen molar-refractivity contribution in [2.24, 2.45) is 16.5 Å². The highest BCUT2D eigenvalue weighted by Gasteiger charge is 2.33. The summed E-state index contributed by atoms with van der Waals surface area (Å²) in [4.78, 5) is 20.4. The lowest BCUT2D eigenvalue weighted by Crippen LogP contribution is -2.24. The Labute approximate surface area is 169 Å². The summed E-state index contributed by atoms with van der Waals surface area (Å²) in [5.74, 6) is -0.434. The first-order valence-corrected chi connectivity index (χ1v) is 8.61. The number of pyridine rings is 1. The van der Waals surface area contributed by atoms with Crippen LogP contribution < -0.4 is 11.5 Å². The highest BCUT2D eigenvalue weighted by molar-refractivity contribution is 9.10. The van der Waals surface area contributed by atoms with Crippen molar-refractivity contribution < 1.29 is 10.3 Å². The fraction of sp³-hybridized carbons (Fsp3) is 0.176. The van der Waals surface area contributed by atoms with E-state index in [1.165, 1.54) is 6.20 Å². The molecule has 0 saturated heterocycles. The predicted molar refractivity (Wildman–Crippen MR) is 110 cm³/mol. The predicted octanol–water partition coefficient (Wildman–Crippen LogP) is 2.07. The molecular weight excluding hydrogens is 436 g/mol. The zero-order valence-electron chi connectivity index (χ0n) is 14.1. The molecule has 0 unspecified atom stereocenters. The van der Waals surface area contributed by atoms with Crippen LogP contribution in [0.1, 0.15) is 34.8 Å². The molecule has 142 valence electrons. The smallest absolute Gasteiger partial charge is 0.283 e. The normalized spacial score (nSPS) is 12.8. The summed E-state index contributed by atoms with van der Waals surface area (Å²) in [5.41, 5.74) is 13.7. The summed E-state index contributed by atoms with van der Waals surface area (Å²) in [6.45, 7) is 0. The Morgan fingerprint density at radius 2 is 2.00 bits per heavy atom. The molecule has 0 radical (unpaired) electrons. The fourth-order valence-electron chi connectivity index (χ4n) is 2.95. The SMILES string of the molecule is Cl.NC(N)=NC(=O)c1cnn(-c2ccc(Br)c3ncccc23)c1C1CC1.O. The van der Waals surface area contributed by atoms with Gasteiger partial charge in [0.25, 0.3) is 5.91 Å². The van der Waals surface area contributed by atoms with Gasteiger partial charge in [0.05, 0.1) is 28.7 Å². The summed E-state index contributed by atoms with van der Waals surface area (Å²) in [6, 6.07) is 7.75. The summed E-state index contributed by atoms with van der Waals surface area (Å²) in [5, 5.41) is 5.40. The molecule has 6 N–H and O–H groups in total. The maximum Gasteiger partial charge on any atom is 0.283 e. The fourth-order valence-corrected chi connectivity index (χ4v) is 3.40. The number of benzene rings is 1. The first-order valence-electron chi connectivity index (χ1n) is 7.81. The summed E-state index contributed by atoms with van der Waals surface area (Å²) >= 11 is 3.53. The van der Waals surface area contributed by atoms with E-state index in [9.17, 15) is 4.79 Å². The van der Waals surface area contributed by atoms with E-state index in [0.29, 0.717) is 5.56 Å². The van der Waals surface area contributed by atoms with E-state index in [-0.39, 0.29) is 29.8 Å². The second-order valence-corrected chi connectivity index (χ2v) is 6.79. The Morgan fingerprint density at radius 3 is 2.67 bits per heavy atom. The van der Waals surface area contributed by atoms with Gasteiger partial charge in [-0.05, 0) is 53.0 Å². The van der Waals surface area contributed by atoms with Gasteiger partial charge in [0.2, 0.25) is 0 Å². The van der Waals surface area contributed by atoms with Crippen LogP contribution in [-0.2, 0) is 0 Å². The highest BCUT2D eigenvalue weighted by atomic mass is 79.9. The number of carbonyl (C=O) groups excluding carboxylic acids is 1. The molecule has 1 aromatic carbocycles. The molecule has 2 heterocycles. The molecule has 1 fully saturated rings. The van der Waals surface area contributed by atoms with Crippen molar-refractivity contribution in [2.75, 3.05) is 0 Å². The van der Waals surface area contributed by atoms with Crippen LogP contribution in [0.5, 0.6) is 0 Å². The van der Waals surface area contributed by atoms with Crippen molar-refractivity contribution in [1.82, 2.24) is 14.8 Å². The Balaban J connectivity index is 0.00000131. The molecule has 4 rings (SSSR count). The van der Waals surface area contributed by atoms with Gasteiger partial charge in [-0.15, -0.1) is 12.4 Å². The topological polar surface area (TPSA) is 144 Å². The number of amides is 1. The molecule has 0 aliphatic heterocycles. The van der Waals surface area contributed by atoms with Crippen LogP contribution in [0, 0.1) is 0 Å². The molecule has 3 aromatic rings. The lowest BCUT2D eigenvalue weighted by Gasteiger charge is -2.11. The minimum Gasteiger partial charge on any atom is -0.412 e. The van der Waals surface area contributed by atoms with Crippen molar-refractivity contribution in [2.45, 2.75) is 18.8 Å². The number of aromatic nitrogens is 3. The minimum atomic E-state index is -0.465. The van der Waals surface area contributed by atoms with Gasteiger partial charge >= 0.3 is 0 Å². The third-order valence-electron chi connectivity index (χ3n) is 4.16. The van der Waals surface area contributed by atoms with Crippen molar-refractivity contribution in [3.63, 3.8) is 0 Å². The van der Waals surface area contributed by atoms with E-state index < -0.39 is 5.91 Å². The highest BCUT2D eigenvalue weighted by Crippen LogP contribution is 2.43.